The molecule has 0 spiro atoms. The summed E-state index contributed by atoms with van der Waals surface area (Å²) in [7, 11) is 0. The lowest BCUT2D eigenvalue weighted by Crippen LogP contribution is -2.58. The maximum absolute atomic E-state index is 13.4. The highest BCUT2D eigenvalue weighted by Crippen LogP contribution is 2.36. The molecule has 0 bridgehead atoms. The minimum absolute atomic E-state index is 0.0716. The predicted octanol–water partition coefficient (Wildman–Crippen LogP) is 2.69. The molecule has 0 aliphatic carbocycles. The van der Waals surface area contributed by atoms with Gasteiger partial charge in [-0.3, -0.25) is 4.79 Å². The number of nitrogens with one attached hydrogen (secondary N) is 1. The van der Waals surface area contributed by atoms with Gasteiger partial charge >= 0.3 is 0 Å². The first-order valence-electron chi connectivity index (χ1n) is 6.41. The van der Waals surface area contributed by atoms with E-state index in [9.17, 15) is 9.18 Å². The van der Waals surface area contributed by atoms with Gasteiger partial charge < -0.3 is 11.1 Å². The van der Waals surface area contributed by atoms with Crippen molar-refractivity contribution >= 4 is 23.4 Å². The zero-order valence-corrected chi connectivity index (χ0v) is 12.0. The molecule has 1 aromatic rings. The van der Waals surface area contributed by atoms with E-state index < -0.39 is 5.54 Å². The van der Waals surface area contributed by atoms with Crippen LogP contribution in [0.2, 0.25) is 0 Å². The van der Waals surface area contributed by atoms with Crippen LogP contribution in [0.4, 0.5) is 10.1 Å². The highest BCUT2D eigenvalue weighted by molar-refractivity contribution is 8.00. The molecule has 0 radical (unpaired) electrons. The normalized spacial score (nSPS) is 27.0. The van der Waals surface area contributed by atoms with Gasteiger partial charge in [0.2, 0.25) is 5.91 Å². The molecule has 0 saturated carbocycles. The Labute approximate surface area is 117 Å². The number of primary amides is 1. The number of thioether (sulfide) groups is 1. The van der Waals surface area contributed by atoms with E-state index in [1.165, 1.54) is 12.1 Å². The zero-order chi connectivity index (χ0) is 14.0. The van der Waals surface area contributed by atoms with Crippen molar-refractivity contribution in [3.05, 3.63) is 29.6 Å². The Kier molecular flexibility index (Phi) is 4.04. The molecule has 5 heteroatoms. The maximum atomic E-state index is 13.4. The summed E-state index contributed by atoms with van der Waals surface area (Å²) in [5.41, 5.74) is 6.25. The first-order valence-corrected chi connectivity index (χ1v) is 7.46. The van der Waals surface area contributed by atoms with E-state index in [-0.39, 0.29) is 17.0 Å². The van der Waals surface area contributed by atoms with Gasteiger partial charge in [0.15, 0.2) is 0 Å². The summed E-state index contributed by atoms with van der Waals surface area (Å²) in [5.74, 6) is 0.354. The number of nitrogens with two attached hydrogens (primary N) is 1. The van der Waals surface area contributed by atoms with Gasteiger partial charge in [-0.05, 0) is 49.3 Å². The summed E-state index contributed by atoms with van der Waals surface area (Å²) in [6.07, 6.45) is 1.62. The van der Waals surface area contributed by atoms with E-state index in [4.69, 9.17) is 5.73 Å². The smallest absolute Gasteiger partial charge is 0.244 e. The highest BCUT2D eigenvalue weighted by atomic mass is 32.2. The minimum atomic E-state index is -0.789. The summed E-state index contributed by atoms with van der Waals surface area (Å²) in [6.45, 7) is 3.82. The molecule has 2 rings (SSSR count). The van der Waals surface area contributed by atoms with Crippen LogP contribution in [0.3, 0.4) is 0 Å². The van der Waals surface area contributed by atoms with E-state index >= 15 is 0 Å². The third-order valence-corrected chi connectivity index (χ3v) is 5.05. The van der Waals surface area contributed by atoms with Crippen LogP contribution in [0.25, 0.3) is 0 Å². The largest absolute Gasteiger partial charge is 0.370 e. The summed E-state index contributed by atoms with van der Waals surface area (Å²) in [6, 6.07) is 4.70. The van der Waals surface area contributed by atoms with Crippen molar-refractivity contribution in [2.45, 2.75) is 37.5 Å². The average molecular weight is 282 g/mol. The number of carbonyl (C=O) groups excluding carboxylic acids is 1. The predicted molar refractivity (Wildman–Crippen MR) is 77.8 cm³/mol. The van der Waals surface area contributed by atoms with E-state index in [0.717, 1.165) is 17.7 Å². The Bertz CT molecular complexity index is 474. The second kappa shape index (κ2) is 5.41. The topological polar surface area (TPSA) is 55.1 Å². The van der Waals surface area contributed by atoms with Crippen LogP contribution in [0.15, 0.2) is 18.2 Å². The van der Waals surface area contributed by atoms with Crippen LogP contribution in [0, 0.1) is 12.7 Å². The number of hydrogen-bond acceptors (Lipinski definition) is 3. The van der Waals surface area contributed by atoms with Crippen molar-refractivity contribution in [3.63, 3.8) is 0 Å². The number of anilines is 1. The molecule has 104 valence electrons. The number of rotatable bonds is 3. The molecule has 1 aliphatic heterocycles. The summed E-state index contributed by atoms with van der Waals surface area (Å²) in [4.78, 5) is 11.9. The third kappa shape index (κ3) is 2.86. The molecule has 1 saturated heterocycles. The van der Waals surface area contributed by atoms with Gasteiger partial charge in [0.1, 0.15) is 11.4 Å². The molecule has 0 aromatic heterocycles. The van der Waals surface area contributed by atoms with E-state index in [0.29, 0.717) is 12.1 Å². The van der Waals surface area contributed by atoms with Crippen molar-refractivity contribution in [2.24, 2.45) is 5.73 Å². The Morgan fingerprint density at radius 2 is 2.26 bits per heavy atom. The quantitative estimate of drug-likeness (QED) is 0.896. The van der Waals surface area contributed by atoms with Crippen LogP contribution in [0.1, 0.15) is 25.3 Å². The zero-order valence-electron chi connectivity index (χ0n) is 11.2. The Hall–Kier alpha value is -1.23. The number of benzene rings is 1. The number of carbonyl (C=O) groups is 1. The van der Waals surface area contributed by atoms with E-state index in [1.807, 2.05) is 19.9 Å². The van der Waals surface area contributed by atoms with E-state index in [1.54, 1.807) is 11.8 Å². The molecular formula is C14H19FN2OS. The Balaban J connectivity index is 2.33. The SMILES string of the molecule is Cc1cc(F)cc(NC2(C(N)=O)CCCSC2C)c1. The molecule has 1 aromatic carbocycles. The van der Waals surface area contributed by atoms with Crippen molar-refractivity contribution < 1.29 is 9.18 Å². The number of halogens is 1. The fourth-order valence-electron chi connectivity index (χ4n) is 2.57. The summed E-state index contributed by atoms with van der Waals surface area (Å²) in [5, 5.41) is 3.26. The molecule has 3 N–H and O–H groups in total. The number of amides is 1. The van der Waals surface area contributed by atoms with Crippen LogP contribution in [-0.2, 0) is 4.79 Å². The molecule has 1 amide bonds. The van der Waals surface area contributed by atoms with Crippen LogP contribution in [0.5, 0.6) is 0 Å². The van der Waals surface area contributed by atoms with Crippen LogP contribution < -0.4 is 11.1 Å². The van der Waals surface area contributed by atoms with Crippen molar-refractivity contribution in [1.29, 1.82) is 0 Å². The monoisotopic (exact) mass is 282 g/mol. The van der Waals surface area contributed by atoms with Crippen molar-refractivity contribution in [3.8, 4) is 0 Å². The molecule has 19 heavy (non-hydrogen) atoms. The molecular weight excluding hydrogens is 263 g/mol. The van der Waals surface area contributed by atoms with Gasteiger partial charge in [0.05, 0.1) is 0 Å². The molecule has 3 nitrogen and oxygen atoms in total. The van der Waals surface area contributed by atoms with Gasteiger partial charge in [-0.2, -0.15) is 11.8 Å². The molecule has 1 aliphatic rings. The molecule has 2 unspecified atom stereocenters. The van der Waals surface area contributed by atoms with Crippen LogP contribution >= 0.6 is 11.8 Å². The lowest BCUT2D eigenvalue weighted by Gasteiger charge is -2.41. The number of aryl methyl sites for hydroxylation is 1. The van der Waals surface area contributed by atoms with Crippen molar-refractivity contribution in [1.82, 2.24) is 0 Å². The first kappa shape index (κ1) is 14.2. The van der Waals surface area contributed by atoms with Crippen LogP contribution in [-0.4, -0.2) is 22.4 Å². The number of hydrogen-bond donors (Lipinski definition) is 2. The van der Waals surface area contributed by atoms with Gasteiger partial charge in [-0.1, -0.05) is 6.92 Å². The summed E-state index contributed by atoms with van der Waals surface area (Å²) >= 11 is 1.72. The first-order chi connectivity index (χ1) is 8.94. The average Bonchev–Trinajstić information content (AvgIpc) is 2.30. The molecule has 1 heterocycles. The molecule has 2 atom stereocenters. The standard InChI is InChI=1S/C14H19FN2OS/c1-9-6-11(15)8-12(7-9)17-14(13(16)18)4-3-5-19-10(14)2/h6-8,10,17H,3-5H2,1-2H3,(H2,16,18). The van der Waals surface area contributed by atoms with Crippen molar-refractivity contribution in [2.75, 3.05) is 11.1 Å². The second-order valence-corrected chi connectivity index (χ2v) is 6.54. The molecule has 1 fully saturated rings. The van der Waals surface area contributed by atoms with Gasteiger partial charge in [-0.15, -0.1) is 0 Å². The lowest BCUT2D eigenvalue weighted by atomic mass is 9.88. The fraction of sp³-hybridized carbons (Fsp3) is 0.500. The second-order valence-electron chi connectivity index (χ2n) is 5.09. The Morgan fingerprint density at radius 3 is 2.84 bits per heavy atom. The minimum Gasteiger partial charge on any atom is -0.370 e. The Morgan fingerprint density at radius 1 is 1.53 bits per heavy atom. The van der Waals surface area contributed by atoms with Gasteiger partial charge in [0, 0.05) is 10.9 Å². The van der Waals surface area contributed by atoms with E-state index in [2.05, 4.69) is 5.32 Å². The maximum Gasteiger partial charge on any atom is 0.244 e. The van der Waals surface area contributed by atoms with Gasteiger partial charge in [-0.25, -0.2) is 4.39 Å². The third-order valence-electron chi connectivity index (χ3n) is 3.63. The lowest BCUT2D eigenvalue weighted by molar-refractivity contribution is -0.122. The van der Waals surface area contributed by atoms with Gasteiger partial charge in [0.25, 0.3) is 0 Å². The summed E-state index contributed by atoms with van der Waals surface area (Å²) < 4.78 is 13.4. The highest BCUT2D eigenvalue weighted by Gasteiger charge is 2.44. The fourth-order valence-corrected chi connectivity index (χ4v) is 3.81.